The number of carbonyl (C=O) groups excluding carboxylic acids is 1. The van der Waals surface area contributed by atoms with Crippen LogP contribution in [0.5, 0.6) is 0 Å². The Labute approximate surface area is 206 Å². The van der Waals surface area contributed by atoms with Crippen molar-refractivity contribution >= 4 is 15.9 Å². The summed E-state index contributed by atoms with van der Waals surface area (Å²) < 4.78 is 134. The zero-order valence-corrected chi connectivity index (χ0v) is 19.9. The number of alkyl halides is 7. The van der Waals surface area contributed by atoms with Crippen LogP contribution in [0.3, 0.4) is 0 Å². The maximum atomic E-state index is 14.8. The number of aryl methyl sites for hydroxylation is 1. The zero-order chi connectivity index (χ0) is 27.6. The van der Waals surface area contributed by atoms with E-state index in [1.165, 1.54) is 11.9 Å². The molecule has 2 aliphatic rings. The predicted molar refractivity (Wildman–Crippen MR) is 114 cm³/mol. The fourth-order valence-electron chi connectivity index (χ4n) is 5.44. The van der Waals surface area contributed by atoms with E-state index in [0.717, 1.165) is 30.3 Å². The number of fused-ring (bicyclic) bond motifs is 3. The molecule has 1 fully saturated rings. The Hall–Kier alpha value is -2.90. The highest BCUT2D eigenvalue weighted by molar-refractivity contribution is 7.92. The van der Waals surface area contributed by atoms with Crippen LogP contribution in [-0.2, 0) is 26.7 Å². The minimum absolute atomic E-state index is 0.0931. The number of sulfone groups is 1. The molecule has 0 radical (unpaired) electrons. The Balaban J connectivity index is 1.96. The van der Waals surface area contributed by atoms with E-state index in [0.29, 0.717) is 6.07 Å². The number of rotatable bonds is 3. The van der Waals surface area contributed by atoms with E-state index in [-0.39, 0.29) is 47.9 Å². The topological polar surface area (TPSA) is 66.5 Å². The van der Waals surface area contributed by atoms with E-state index >= 15 is 0 Å². The molecule has 2 aromatic carbocycles. The molecule has 1 saturated heterocycles. The second-order valence-electron chi connectivity index (χ2n) is 8.93. The van der Waals surface area contributed by atoms with Gasteiger partial charge in [0, 0.05) is 19.2 Å². The van der Waals surface area contributed by atoms with Gasteiger partial charge < -0.3 is 10.2 Å². The number of hydrogen-bond acceptors (Lipinski definition) is 3. The van der Waals surface area contributed by atoms with Crippen molar-refractivity contribution in [1.82, 2.24) is 10.2 Å². The van der Waals surface area contributed by atoms with E-state index < -0.39 is 56.1 Å². The molecule has 0 spiro atoms. The molecule has 202 valence electrons. The van der Waals surface area contributed by atoms with Gasteiger partial charge in [0.25, 0.3) is 0 Å². The molecule has 0 unspecified atom stereocenters. The third-order valence-electron chi connectivity index (χ3n) is 7.14. The van der Waals surface area contributed by atoms with Gasteiger partial charge in [-0.2, -0.15) is 26.3 Å². The molecule has 1 aliphatic heterocycles. The lowest BCUT2D eigenvalue weighted by Gasteiger charge is -2.43. The summed E-state index contributed by atoms with van der Waals surface area (Å²) in [7, 11) is -3.18. The first-order valence-electron chi connectivity index (χ1n) is 11.0. The monoisotopic (exact) mass is 556 g/mol. The van der Waals surface area contributed by atoms with Crippen LogP contribution in [0.2, 0.25) is 0 Å². The van der Waals surface area contributed by atoms with Gasteiger partial charge in [0.15, 0.2) is 9.84 Å². The van der Waals surface area contributed by atoms with Crippen LogP contribution in [0.4, 0.5) is 39.9 Å². The largest absolute Gasteiger partial charge is 0.435 e. The SMILES string of the molecule is CNC(=O)N1CC[C@@]2(S(=O)(=O)c3ccc(F)cc3)c3ccc(C(F)(C(F)(F)F)C(F)(F)F)cc3CC[C@@H]12. The van der Waals surface area contributed by atoms with Crippen molar-refractivity contribution in [2.45, 2.75) is 53.0 Å². The van der Waals surface area contributed by atoms with Crippen molar-refractivity contribution in [3.8, 4) is 0 Å². The van der Waals surface area contributed by atoms with Crippen molar-refractivity contribution in [2.75, 3.05) is 13.6 Å². The van der Waals surface area contributed by atoms with Crippen LogP contribution in [0.1, 0.15) is 29.5 Å². The van der Waals surface area contributed by atoms with Crippen LogP contribution in [-0.4, -0.2) is 51.3 Å². The fourth-order valence-corrected chi connectivity index (χ4v) is 7.81. The number of likely N-dealkylation sites (tertiary alicyclic amines) is 1. The Morgan fingerprint density at radius 2 is 1.59 bits per heavy atom. The lowest BCUT2D eigenvalue weighted by molar-refractivity contribution is -0.348. The summed E-state index contributed by atoms with van der Waals surface area (Å²) in [5.74, 6) is -0.737. The van der Waals surface area contributed by atoms with Crippen molar-refractivity contribution < 1.29 is 48.3 Å². The standard InChI is InChI=1S/C23H20F8N2O3S/c1-32-19(34)33-11-10-20(37(35,36)16-6-4-15(24)5-7-16)17-8-3-14(12-13(17)2-9-18(20)33)21(25,22(26,27)28)23(29,30)31/h3-8,12,18H,2,9-11H2,1H3,(H,32,34)/t18-,20-/m1/s1. The Kier molecular flexibility index (Phi) is 6.28. The first-order chi connectivity index (χ1) is 17.0. The third kappa shape index (κ3) is 3.77. The molecule has 1 N–H and O–H groups in total. The maximum Gasteiger partial charge on any atom is 0.435 e. The molecule has 1 heterocycles. The van der Waals surface area contributed by atoms with Crippen LogP contribution in [0.15, 0.2) is 47.4 Å². The van der Waals surface area contributed by atoms with Gasteiger partial charge in [-0.25, -0.2) is 22.0 Å². The van der Waals surface area contributed by atoms with Crippen molar-refractivity contribution in [2.24, 2.45) is 0 Å². The summed E-state index contributed by atoms with van der Waals surface area (Å²) in [6.45, 7) is -0.0931. The molecular weight excluding hydrogens is 536 g/mol. The molecule has 0 bridgehead atoms. The van der Waals surface area contributed by atoms with Gasteiger partial charge >= 0.3 is 24.1 Å². The van der Waals surface area contributed by atoms with Gasteiger partial charge in [0.1, 0.15) is 10.6 Å². The molecular formula is C23H20F8N2O3S. The van der Waals surface area contributed by atoms with Crippen LogP contribution < -0.4 is 5.32 Å². The van der Waals surface area contributed by atoms with Gasteiger partial charge in [0.05, 0.1) is 10.9 Å². The maximum absolute atomic E-state index is 14.8. The second-order valence-corrected chi connectivity index (χ2v) is 11.1. The smallest absolute Gasteiger partial charge is 0.341 e. The normalized spacial score (nSPS) is 22.4. The first kappa shape index (κ1) is 27.1. The van der Waals surface area contributed by atoms with E-state index in [1.807, 2.05) is 0 Å². The summed E-state index contributed by atoms with van der Waals surface area (Å²) in [5, 5.41) is 2.39. The number of hydrogen-bond donors (Lipinski definition) is 1. The van der Waals surface area contributed by atoms with Gasteiger partial charge in [0.2, 0.25) is 0 Å². The summed E-state index contributed by atoms with van der Waals surface area (Å²) in [6, 6.07) is 3.53. The number of halogens is 8. The third-order valence-corrected chi connectivity index (χ3v) is 9.69. The highest BCUT2D eigenvalue weighted by atomic mass is 32.2. The highest BCUT2D eigenvalue weighted by Gasteiger charge is 2.73. The summed E-state index contributed by atoms with van der Waals surface area (Å²) in [6.07, 6.45) is -13.3. The second kappa shape index (κ2) is 8.57. The molecule has 0 saturated carbocycles. The Morgan fingerprint density at radius 1 is 1.00 bits per heavy atom. The van der Waals surface area contributed by atoms with Crippen LogP contribution in [0, 0.1) is 5.82 Å². The Bertz CT molecular complexity index is 1310. The van der Waals surface area contributed by atoms with E-state index in [9.17, 15) is 48.3 Å². The molecule has 14 heteroatoms. The molecule has 4 rings (SSSR count). The van der Waals surface area contributed by atoms with Crippen molar-refractivity contribution in [3.05, 3.63) is 65.0 Å². The molecule has 37 heavy (non-hydrogen) atoms. The van der Waals surface area contributed by atoms with Crippen molar-refractivity contribution in [1.29, 1.82) is 0 Å². The minimum atomic E-state index is -6.34. The number of urea groups is 1. The average molecular weight is 556 g/mol. The van der Waals surface area contributed by atoms with Gasteiger partial charge in [-0.3, -0.25) is 0 Å². The van der Waals surface area contributed by atoms with Crippen LogP contribution in [0.25, 0.3) is 0 Å². The highest BCUT2D eigenvalue weighted by Crippen LogP contribution is 2.56. The fraction of sp³-hybridized carbons (Fsp3) is 0.435. The van der Waals surface area contributed by atoms with Gasteiger partial charge in [-0.05, 0) is 54.7 Å². The first-order valence-corrected chi connectivity index (χ1v) is 12.5. The number of nitrogens with zero attached hydrogens (tertiary/aromatic N) is 1. The number of nitrogens with one attached hydrogen (secondary N) is 1. The summed E-state index contributed by atoms with van der Waals surface area (Å²) in [5.41, 5.74) is -7.75. The molecule has 2 amide bonds. The quantitative estimate of drug-likeness (QED) is 0.421. The van der Waals surface area contributed by atoms with Crippen LogP contribution >= 0.6 is 0 Å². The molecule has 0 aromatic heterocycles. The van der Waals surface area contributed by atoms with E-state index in [1.54, 1.807) is 0 Å². The summed E-state index contributed by atoms with van der Waals surface area (Å²) >= 11 is 0. The van der Waals surface area contributed by atoms with Gasteiger partial charge in [-0.15, -0.1) is 0 Å². The zero-order valence-electron chi connectivity index (χ0n) is 19.1. The lowest BCUT2D eigenvalue weighted by Crippen LogP contribution is -2.54. The lowest BCUT2D eigenvalue weighted by atomic mass is 9.77. The molecule has 2 aromatic rings. The average Bonchev–Trinajstić information content (AvgIpc) is 3.23. The molecule has 5 nitrogen and oxygen atoms in total. The number of carbonyl (C=O) groups is 1. The number of benzene rings is 2. The number of amides is 2. The van der Waals surface area contributed by atoms with E-state index in [4.69, 9.17) is 0 Å². The molecule has 1 aliphatic carbocycles. The minimum Gasteiger partial charge on any atom is -0.341 e. The Morgan fingerprint density at radius 3 is 2.14 bits per heavy atom. The van der Waals surface area contributed by atoms with Crippen molar-refractivity contribution in [3.63, 3.8) is 0 Å². The molecule has 2 atom stereocenters. The van der Waals surface area contributed by atoms with Gasteiger partial charge in [-0.1, -0.05) is 18.2 Å². The summed E-state index contributed by atoms with van der Waals surface area (Å²) in [4.78, 5) is 13.4. The van der Waals surface area contributed by atoms with E-state index in [2.05, 4.69) is 5.32 Å². The predicted octanol–water partition coefficient (Wildman–Crippen LogP) is 5.14.